The molecule has 0 radical (unpaired) electrons. The lowest BCUT2D eigenvalue weighted by atomic mass is 10.4. The van der Waals surface area contributed by atoms with Crippen LogP contribution in [0.2, 0.25) is 5.02 Å². The topological polar surface area (TPSA) is 55.0 Å². The first-order chi connectivity index (χ1) is 5.66. The molecule has 0 bridgehead atoms. The van der Waals surface area contributed by atoms with Crippen LogP contribution >= 0.6 is 11.6 Å². The molecule has 0 aromatic carbocycles. The van der Waals surface area contributed by atoms with Crippen LogP contribution in [-0.2, 0) is 4.74 Å². The number of nitrogens with one attached hydrogen (secondary N) is 1. The first kappa shape index (κ1) is 9.06. The van der Waals surface area contributed by atoms with Crippen LogP contribution in [0.3, 0.4) is 0 Å². The highest BCUT2D eigenvalue weighted by molar-refractivity contribution is 6.33. The van der Waals surface area contributed by atoms with E-state index in [1.54, 1.807) is 13.8 Å². The van der Waals surface area contributed by atoms with E-state index < -0.39 is 5.97 Å². The summed E-state index contributed by atoms with van der Waals surface area (Å²) in [5.41, 5.74) is 0.815. The molecule has 0 aliphatic heterocycles. The average molecular weight is 189 g/mol. The van der Waals surface area contributed by atoms with Crippen molar-refractivity contribution < 1.29 is 9.53 Å². The number of carbonyl (C=O) groups is 1. The first-order valence-electron chi connectivity index (χ1n) is 3.54. The normalized spacial score (nSPS) is 9.92. The zero-order chi connectivity index (χ0) is 9.14. The molecule has 1 aromatic rings. The fourth-order valence-electron chi connectivity index (χ4n) is 0.750. The molecule has 0 saturated heterocycles. The molecule has 0 atom stereocenters. The Morgan fingerprint density at radius 1 is 1.75 bits per heavy atom. The molecular formula is C7H9ClN2O2. The Hall–Kier alpha value is -1.03. The van der Waals surface area contributed by atoms with E-state index in [4.69, 9.17) is 16.3 Å². The van der Waals surface area contributed by atoms with E-state index in [1.165, 1.54) is 0 Å². The van der Waals surface area contributed by atoms with Gasteiger partial charge < -0.3 is 4.74 Å². The van der Waals surface area contributed by atoms with Crippen LogP contribution in [0.25, 0.3) is 0 Å². The number of nitrogens with zero attached hydrogens (tertiary/aromatic N) is 1. The molecule has 0 aliphatic rings. The summed E-state index contributed by atoms with van der Waals surface area (Å²) in [7, 11) is 0. The second kappa shape index (κ2) is 3.58. The van der Waals surface area contributed by atoms with Crippen LogP contribution in [0.5, 0.6) is 0 Å². The quantitative estimate of drug-likeness (QED) is 0.717. The maximum absolute atomic E-state index is 11.1. The van der Waals surface area contributed by atoms with Gasteiger partial charge in [-0.25, -0.2) is 4.79 Å². The smallest absolute Gasteiger partial charge is 0.360 e. The molecule has 0 amide bonds. The highest BCUT2D eigenvalue weighted by Crippen LogP contribution is 2.17. The van der Waals surface area contributed by atoms with Gasteiger partial charge in [0.25, 0.3) is 0 Å². The third-order valence-corrected chi connectivity index (χ3v) is 1.80. The van der Waals surface area contributed by atoms with E-state index in [2.05, 4.69) is 10.2 Å². The number of hydrogen-bond donors (Lipinski definition) is 1. The number of aromatic amines is 1. The molecule has 4 nitrogen and oxygen atoms in total. The zero-order valence-corrected chi connectivity index (χ0v) is 7.60. The number of H-pyrrole nitrogens is 1. The number of aryl methyl sites for hydroxylation is 1. The molecule has 0 fully saturated rings. The molecule has 0 unspecified atom stereocenters. The van der Waals surface area contributed by atoms with Gasteiger partial charge in [-0.05, 0) is 13.8 Å². The molecule has 1 rings (SSSR count). The van der Waals surface area contributed by atoms with E-state index >= 15 is 0 Å². The molecule has 66 valence electrons. The lowest BCUT2D eigenvalue weighted by Gasteiger charge is -1.96. The number of carbonyl (C=O) groups excluding carboxylic acids is 1. The molecule has 0 aliphatic carbocycles. The van der Waals surface area contributed by atoms with Gasteiger partial charge in [0.2, 0.25) is 0 Å². The van der Waals surface area contributed by atoms with Crippen molar-refractivity contribution in [1.29, 1.82) is 0 Å². The molecule has 1 N–H and O–H groups in total. The minimum atomic E-state index is -0.494. The Labute approximate surface area is 74.9 Å². The molecule has 1 heterocycles. The summed E-state index contributed by atoms with van der Waals surface area (Å²) in [6, 6.07) is 0. The second-order valence-electron chi connectivity index (χ2n) is 2.23. The van der Waals surface area contributed by atoms with Crippen molar-refractivity contribution in [2.24, 2.45) is 0 Å². The van der Waals surface area contributed by atoms with E-state index in [-0.39, 0.29) is 5.69 Å². The standard InChI is InChI=1S/C7H9ClN2O2/c1-3-12-7(11)6-5(8)4(2)9-10-6/h3H2,1-2H3,(H,9,10). The van der Waals surface area contributed by atoms with E-state index in [0.717, 1.165) is 0 Å². The number of aromatic nitrogens is 2. The summed E-state index contributed by atoms with van der Waals surface area (Å²) < 4.78 is 4.72. The third kappa shape index (κ3) is 1.58. The monoisotopic (exact) mass is 188 g/mol. The van der Waals surface area contributed by atoms with Gasteiger partial charge in [0, 0.05) is 0 Å². The SMILES string of the molecule is CCOC(=O)c1n[nH]c(C)c1Cl. The van der Waals surface area contributed by atoms with Crippen LogP contribution in [-0.4, -0.2) is 22.8 Å². The highest BCUT2D eigenvalue weighted by Gasteiger charge is 2.16. The molecule has 1 aromatic heterocycles. The van der Waals surface area contributed by atoms with Gasteiger partial charge in [0.15, 0.2) is 5.69 Å². The fourth-order valence-corrected chi connectivity index (χ4v) is 0.912. The van der Waals surface area contributed by atoms with Gasteiger partial charge in [0.1, 0.15) is 0 Å². The lowest BCUT2D eigenvalue weighted by Crippen LogP contribution is -2.05. The van der Waals surface area contributed by atoms with Crippen molar-refractivity contribution in [3.8, 4) is 0 Å². The zero-order valence-electron chi connectivity index (χ0n) is 6.85. The molecule has 12 heavy (non-hydrogen) atoms. The lowest BCUT2D eigenvalue weighted by molar-refractivity contribution is 0.0519. The number of halogens is 1. The Morgan fingerprint density at radius 3 is 2.83 bits per heavy atom. The number of esters is 1. The number of hydrogen-bond acceptors (Lipinski definition) is 3. The Kier molecular flexibility index (Phi) is 2.70. The van der Waals surface area contributed by atoms with E-state index in [0.29, 0.717) is 17.3 Å². The molecule has 0 spiro atoms. The minimum Gasteiger partial charge on any atom is -0.461 e. The van der Waals surface area contributed by atoms with Gasteiger partial charge in [0.05, 0.1) is 17.3 Å². The summed E-state index contributed by atoms with van der Waals surface area (Å²) in [5.74, 6) is -0.494. The highest BCUT2D eigenvalue weighted by atomic mass is 35.5. The van der Waals surface area contributed by atoms with E-state index in [9.17, 15) is 4.79 Å². The van der Waals surface area contributed by atoms with Crippen molar-refractivity contribution in [3.63, 3.8) is 0 Å². The van der Waals surface area contributed by atoms with Crippen LogP contribution in [0.15, 0.2) is 0 Å². The van der Waals surface area contributed by atoms with Crippen LogP contribution in [0.4, 0.5) is 0 Å². The maximum atomic E-state index is 11.1. The summed E-state index contributed by atoms with van der Waals surface area (Å²) >= 11 is 5.74. The Morgan fingerprint density at radius 2 is 2.42 bits per heavy atom. The predicted molar refractivity (Wildman–Crippen MR) is 44.3 cm³/mol. The van der Waals surface area contributed by atoms with Crippen LogP contribution in [0, 0.1) is 6.92 Å². The van der Waals surface area contributed by atoms with E-state index in [1.807, 2.05) is 0 Å². The molecule has 0 saturated carbocycles. The van der Waals surface area contributed by atoms with Gasteiger partial charge in [-0.2, -0.15) is 5.10 Å². The Balaban J connectivity index is 2.88. The minimum absolute atomic E-state index is 0.149. The van der Waals surface area contributed by atoms with Crippen molar-refractivity contribution in [2.45, 2.75) is 13.8 Å². The van der Waals surface area contributed by atoms with Gasteiger partial charge in [-0.3, -0.25) is 5.10 Å². The van der Waals surface area contributed by atoms with Gasteiger partial charge >= 0.3 is 5.97 Å². The van der Waals surface area contributed by atoms with Gasteiger partial charge in [-0.1, -0.05) is 11.6 Å². The largest absolute Gasteiger partial charge is 0.461 e. The third-order valence-electron chi connectivity index (χ3n) is 1.34. The summed E-state index contributed by atoms with van der Waals surface area (Å²) in [4.78, 5) is 11.1. The second-order valence-corrected chi connectivity index (χ2v) is 2.61. The number of ether oxygens (including phenoxy) is 1. The summed E-state index contributed by atoms with van der Waals surface area (Å²) in [6.07, 6.45) is 0. The average Bonchev–Trinajstić information content (AvgIpc) is 2.34. The Bertz CT molecular complexity index is 296. The number of rotatable bonds is 2. The predicted octanol–water partition coefficient (Wildman–Crippen LogP) is 1.55. The molecule has 5 heteroatoms. The maximum Gasteiger partial charge on any atom is 0.360 e. The summed E-state index contributed by atoms with van der Waals surface area (Å²) in [6.45, 7) is 3.78. The van der Waals surface area contributed by atoms with Crippen molar-refractivity contribution in [2.75, 3.05) is 6.61 Å². The van der Waals surface area contributed by atoms with Crippen molar-refractivity contribution in [3.05, 3.63) is 16.4 Å². The van der Waals surface area contributed by atoms with Crippen molar-refractivity contribution >= 4 is 17.6 Å². The van der Waals surface area contributed by atoms with Crippen LogP contribution in [0.1, 0.15) is 23.1 Å². The van der Waals surface area contributed by atoms with Gasteiger partial charge in [-0.15, -0.1) is 0 Å². The summed E-state index contributed by atoms with van der Waals surface area (Å²) in [5, 5.41) is 6.62. The van der Waals surface area contributed by atoms with Crippen LogP contribution < -0.4 is 0 Å². The fraction of sp³-hybridized carbons (Fsp3) is 0.429. The first-order valence-corrected chi connectivity index (χ1v) is 3.92. The molecular weight excluding hydrogens is 180 g/mol. The van der Waals surface area contributed by atoms with Crippen molar-refractivity contribution in [1.82, 2.24) is 10.2 Å².